The van der Waals surface area contributed by atoms with Gasteiger partial charge >= 0.3 is 0 Å². The first-order chi connectivity index (χ1) is 7.57. The molecule has 16 heavy (non-hydrogen) atoms. The topological polar surface area (TPSA) is 59.2 Å². The Morgan fingerprint density at radius 1 is 1.56 bits per heavy atom. The lowest BCUT2D eigenvalue weighted by Crippen LogP contribution is -2.37. The van der Waals surface area contributed by atoms with Crippen LogP contribution in [0.3, 0.4) is 0 Å². The van der Waals surface area contributed by atoms with Crippen LogP contribution in [0.25, 0.3) is 0 Å². The summed E-state index contributed by atoms with van der Waals surface area (Å²) in [6.45, 7) is 6.79. The Labute approximate surface area is 96.5 Å². The minimum atomic E-state index is -0.0394. The number of carbonyl (C=O) groups excluding carboxylic acids is 1. The van der Waals surface area contributed by atoms with Gasteiger partial charge in [0.05, 0.1) is 5.56 Å². The van der Waals surface area contributed by atoms with E-state index in [1.54, 1.807) is 18.3 Å². The zero-order valence-corrected chi connectivity index (χ0v) is 10.1. The Bertz CT molecular complexity index is 363. The summed E-state index contributed by atoms with van der Waals surface area (Å²) in [4.78, 5) is 17.9. The van der Waals surface area contributed by atoms with Crippen molar-refractivity contribution in [3.8, 4) is 0 Å². The predicted molar refractivity (Wildman–Crippen MR) is 65.1 cm³/mol. The molecule has 4 nitrogen and oxygen atoms in total. The predicted octanol–water partition coefficient (Wildman–Crippen LogP) is 1.92. The summed E-state index contributed by atoms with van der Waals surface area (Å²) in [6.07, 6.45) is 2.52. The average molecular weight is 221 g/mol. The van der Waals surface area contributed by atoms with Crippen LogP contribution in [-0.2, 0) is 0 Å². The van der Waals surface area contributed by atoms with Crippen molar-refractivity contribution < 1.29 is 4.79 Å². The number of hydrogen-bond acceptors (Lipinski definition) is 3. The Hall–Kier alpha value is -1.58. The molecule has 2 N–H and O–H groups in total. The van der Waals surface area contributed by atoms with E-state index in [0.717, 1.165) is 13.0 Å². The molecule has 0 spiro atoms. The van der Waals surface area contributed by atoms with Crippen LogP contribution in [0.5, 0.6) is 0 Å². The number of aromatic nitrogens is 1. The number of rotatable bonds is 4. The molecule has 0 aliphatic rings. The molecule has 1 rings (SSSR count). The van der Waals surface area contributed by atoms with E-state index in [1.807, 2.05) is 18.7 Å². The lowest BCUT2D eigenvalue weighted by atomic mass is 10.2. The molecule has 1 amide bonds. The standard InChI is InChI=1S/C12H19N3O/c1-4-8-15(9(2)3)12(16)10-6-5-7-14-11(10)13/h5-7,9H,4,8H2,1-3H3,(H2,13,14). The molecule has 0 saturated heterocycles. The smallest absolute Gasteiger partial charge is 0.257 e. The largest absolute Gasteiger partial charge is 0.383 e. The van der Waals surface area contributed by atoms with E-state index in [9.17, 15) is 4.79 Å². The summed E-state index contributed by atoms with van der Waals surface area (Å²) in [5.74, 6) is 0.261. The van der Waals surface area contributed by atoms with Crippen molar-refractivity contribution in [2.24, 2.45) is 0 Å². The Kier molecular flexibility index (Phi) is 4.28. The van der Waals surface area contributed by atoms with Crippen molar-refractivity contribution in [2.75, 3.05) is 12.3 Å². The van der Waals surface area contributed by atoms with Crippen molar-refractivity contribution in [3.63, 3.8) is 0 Å². The Balaban J connectivity index is 2.95. The molecule has 0 saturated carbocycles. The Morgan fingerprint density at radius 3 is 2.75 bits per heavy atom. The van der Waals surface area contributed by atoms with Gasteiger partial charge in [-0.2, -0.15) is 0 Å². The minimum Gasteiger partial charge on any atom is -0.383 e. The van der Waals surface area contributed by atoms with Gasteiger partial charge in [-0.1, -0.05) is 6.92 Å². The fourth-order valence-corrected chi connectivity index (χ4v) is 1.59. The second-order valence-electron chi connectivity index (χ2n) is 4.03. The number of nitrogens with two attached hydrogens (primary N) is 1. The molecule has 1 aromatic rings. The first-order valence-corrected chi connectivity index (χ1v) is 5.59. The molecule has 0 unspecified atom stereocenters. The highest BCUT2D eigenvalue weighted by Crippen LogP contribution is 2.13. The zero-order valence-electron chi connectivity index (χ0n) is 10.1. The molecule has 0 aliphatic carbocycles. The molecule has 0 radical (unpaired) electrons. The van der Waals surface area contributed by atoms with Crippen LogP contribution < -0.4 is 5.73 Å². The van der Waals surface area contributed by atoms with E-state index >= 15 is 0 Å². The van der Waals surface area contributed by atoms with Gasteiger partial charge in [-0.05, 0) is 32.4 Å². The second kappa shape index (κ2) is 5.49. The maximum Gasteiger partial charge on any atom is 0.257 e. The summed E-state index contributed by atoms with van der Waals surface area (Å²) in [5, 5.41) is 0. The van der Waals surface area contributed by atoms with Crippen molar-refractivity contribution in [1.29, 1.82) is 0 Å². The summed E-state index contributed by atoms with van der Waals surface area (Å²) in [5.41, 5.74) is 6.19. The highest BCUT2D eigenvalue weighted by atomic mass is 16.2. The molecule has 0 fully saturated rings. The first kappa shape index (κ1) is 12.5. The van der Waals surface area contributed by atoms with Crippen molar-refractivity contribution >= 4 is 11.7 Å². The van der Waals surface area contributed by atoms with E-state index in [-0.39, 0.29) is 11.9 Å². The van der Waals surface area contributed by atoms with Crippen molar-refractivity contribution in [3.05, 3.63) is 23.9 Å². The molecule has 0 bridgehead atoms. The number of nitrogens with zero attached hydrogens (tertiary/aromatic N) is 2. The van der Waals surface area contributed by atoms with Gasteiger partial charge in [0.1, 0.15) is 5.82 Å². The number of pyridine rings is 1. The zero-order chi connectivity index (χ0) is 12.1. The van der Waals surface area contributed by atoms with Crippen LogP contribution in [0.4, 0.5) is 5.82 Å². The van der Waals surface area contributed by atoms with Gasteiger partial charge in [0.2, 0.25) is 0 Å². The number of amides is 1. The third-order valence-corrected chi connectivity index (χ3v) is 2.42. The molecule has 0 aliphatic heterocycles. The normalized spacial score (nSPS) is 10.5. The van der Waals surface area contributed by atoms with E-state index in [4.69, 9.17) is 5.73 Å². The monoisotopic (exact) mass is 221 g/mol. The van der Waals surface area contributed by atoms with Crippen LogP contribution in [0.1, 0.15) is 37.6 Å². The molecule has 4 heteroatoms. The third-order valence-electron chi connectivity index (χ3n) is 2.42. The van der Waals surface area contributed by atoms with Gasteiger partial charge in [0.15, 0.2) is 0 Å². The average Bonchev–Trinajstić information content (AvgIpc) is 2.25. The second-order valence-corrected chi connectivity index (χ2v) is 4.03. The fourth-order valence-electron chi connectivity index (χ4n) is 1.59. The summed E-state index contributed by atoms with van der Waals surface area (Å²) in [7, 11) is 0. The Morgan fingerprint density at radius 2 is 2.25 bits per heavy atom. The van der Waals surface area contributed by atoms with Gasteiger partial charge < -0.3 is 10.6 Å². The van der Waals surface area contributed by atoms with E-state index in [1.165, 1.54) is 0 Å². The molecular formula is C12H19N3O. The minimum absolute atomic E-state index is 0.0394. The number of anilines is 1. The lowest BCUT2D eigenvalue weighted by Gasteiger charge is -2.26. The van der Waals surface area contributed by atoms with E-state index in [0.29, 0.717) is 11.4 Å². The van der Waals surface area contributed by atoms with Gasteiger partial charge in [-0.15, -0.1) is 0 Å². The van der Waals surface area contributed by atoms with Gasteiger partial charge in [0.25, 0.3) is 5.91 Å². The van der Waals surface area contributed by atoms with Crippen LogP contribution >= 0.6 is 0 Å². The molecule has 0 aromatic carbocycles. The molecule has 0 atom stereocenters. The molecule has 1 heterocycles. The number of hydrogen-bond donors (Lipinski definition) is 1. The maximum absolute atomic E-state index is 12.2. The van der Waals surface area contributed by atoms with E-state index in [2.05, 4.69) is 11.9 Å². The van der Waals surface area contributed by atoms with Crippen LogP contribution in [0.15, 0.2) is 18.3 Å². The summed E-state index contributed by atoms with van der Waals surface area (Å²) < 4.78 is 0. The number of nitrogen functional groups attached to an aromatic ring is 1. The first-order valence-electron chi connectivity index (χ1n) is 5.59. The van der Waals surface area contributed by atoms with Crippen LogP contribution in [0.2, 0.25) is 0 Å². The lowest BCUT2D eigenvalue weighted by molar-refractivity contribution is 0.0706. The SMILES string of the molecule is CCCN(C(=O)c1cccnc1N)C(C)C. The van der Waals surface area contributed by atoms with Crippen LogP contribution in [0, 0.1) is 0 Å². The summed E-state index contributed by atoms with van der Waals surface area (Å²) >= 11 is 0. The van der Waals surface area contributed by atoms with Crippen molar-refractivity contribution in [2.45, 2.75) is 33.2 Å². The fraction of sp³-hybridized carbons (Fsp3) is 0.500. The summed E-state index contributed by atoms with van der Waals surface area (Å²) in [6, 6.07) is 3.62. The maximum atomic E-state index is 12.2. The molecule has 1 aromatic heterocycles. The van der Waals surface area contributed by atoms with E-state index < -0.39 is 0 Å². The van der Waals surface area contributed by atoms with Crippen molar-refractivity contribution in [1.82, 2.24) is 9.88 Å². The molecule has 88 valence electrons. The highest BCUT2D eigenvalue weighted by Gasteiger charge is 2.19. The quantitative estimate of drug-likeness (QED) is 0.845. The van der Waals surface area contributed by atoms with Gasteiger partial charge in [-0.25, -0.2) is 4.98 Å². The van der Waals surface area contributed by atoms with Gasteiger partial charge in [-0.3, -0.25) is 4.79 Å². The number of carbonyl (C=O) groups is 1. The highest BCUT2D eigenvalue weighted by molar-refractivity contribution is 5.98. The van der Waals surface area contributed by atoms with Crippen LogP contribution in [-0.4, -0.2) is 28.4 Å². The third kappa shape index (κ3) is 2.72. The van der Waals surface area contributed by atoms with Gasteiger partial charge in [0, 0.05) is 18.8 Å². The molecular weight excluding hydrogens is 202 g/mol.